The predicted molar refractivity (Wildman–Crippen MR) is 237 cm³/mol. The first-order valence-corrected chi connectivity index (χ1v) is 26.0. The number of rotatable bonds is 5. The van der Waals surface area contributed by atoms with Crippen molar-refractivity contribution in [2.45, 2.75) is 187 Å². The second kappa shape index (κ2) is 16.5. The molecule has 7 nitrogen and oxygen atoms in total. The van der Waals surface area contributed by atoms with Crippen molar-refractivity contribution in [3.8, 4) is 0 Å². The van der Waals surface area contributed by atoms with Crippen LogP contribution in [0.1, 0.15) is 163 Å². The molecular formula is C49H76N2O5S2. The van der Waals surface area contributed by atoms with Crippen LogP contribution < -0.4 is 0 Å². The first-order chi connectivity index (χ1) is 27.5. The monoisotopic (exact) mass is 837 g/mol. The van der Waals surface area contributed by atoms with E-state index in [0.717, 1.165) is 68.4 Å². The number of hydrogen-bond donors (Lipinski definition) is 4. The maximum Gasteiger partial charge on any atom is 0.159 e. The zero-order valence-corrected chi connectivity index (χ0v) is 38.3. The number of imidazole rings is 1. The van der Waals surface area contributed by atoms with E-state index in [-0.39, 0.29) is 46.8 Å². The standard InChI is InChI=1S/C49H76N2O5S2/c1-31(2)11-9-17-48-27-44(55)43(54)24-40(48)42(53)23-39-36(48)13-18-46(6)37-21-34(49(39,46)56)28-57-58-29-35(51-20-19-50-30-51)26-45(4,5)38(22-41(52)32(37)3)33-12-10-16-47(25-33)14-7-8-15-47/h19-20,23,30-32,34-37,40-41,43-44,52,54-56H,7-18,21-22,24-29H2,1-6H3. The molecule has 2 bridgehead atoms. The van der Waals surface area contributed by atoms with Crippen LogP contribution in [0.5, 0.6) is 0 Å². The number of fused-ring (bicyclic) bond motifs is 9. The average Bonchev–Trinajstić information content (AvgIpc) is 3.92. The molecule has 1 aliphatic heterocycles. The Bertz CT molecular complexity index is 1700. The highest BCUT2D eigenvalue weighted by molar-refractivity contribution is 8.76. The van der Waals surface area contributed by atoms with E-state index in [4.69, 9.17) is 0 Å². The van der Waals surface area contributed by atoms with Gasteiger partial charge in [0.25, 0.3) is 0 Å². The summed E-state index contributed by atoms with van der Waals surface area (Å²) in [4.78, 5) is 19.0. The fraction of sp³-hybridized carbons (Fsp3) is 0.837. The molecule has 324 valence electrons. The molecule has 4 N–H and O–H groups in total. The lowest BCUT2D eigenvalue weighted by Crippen LogP contribution is -2.63. The molecule has 0 radical (unpaired) electrons. The van der Waals surface area contributed by atoms with Gasteiger partial charge in [-0.2, -0.15) is 0 Å². The number of ketones is 1. The lowest BCUT2D eigenvalue weighted by atomic mass is 9.44. The highest BCUT2D eigenvalue weighted by Crippen LogP contribution is 2.71. The van der Waals surface area contributed by atoms with Crippen molar-refractivity contribution in [1.82, 2.24) is 9.55 Å². The van der Waals surface area contributed by atoms with Gasteiger partial charge in [-0.25, -0.2) is 4.98 Å². The summed E-state index contributed by atoms with van der Waals surface area (Å²) in [5, 5.41) is 48.9. The summed E-state index contributed by atoms with van der Waals surface area (Å²) in [6, 6.07) is 0.241. The van der Waals surface area contributed by atoms with Gasteiger partial charge in [-0.1, -0.05) is 100.0 Å². The van der Waals surface area contributed by atoms with E-state index < -0.39 is 34.7 Å². The van der Waals surface area contributed by atoms with Gasteiger partial charge in [0.15, 0.2) is 5.78 Å². The third-order valence-electron chi connectivity index (χ3n) is 18.2. The zero-order valence-electron chi connectivity index (χ0n) is 36.6. The average molecular weight is 837 g/mol. The van der Waals surface area contributed by atoms with Crippen LogP contribution in [0.4, 0.5) is 0 Å². The van der Waals surface area contributed by atoms with Crippen LogP contribution in [0.2, 0.25) is 0 Å². The number of hydrogen-bond acceptors (Lipinski definition) is 8. The molecule has 1 saturated heterocycles. The summed E-state index contributed by atoms with van der Waals surface area (Å²) >= 11 is 0. The van der Waals surface area contributed by atoms with Crippen LogP contribution in [0.25, 0.3) is 0 Å². The lowest BCUT2D eigenvalue weighted by molar-refractivity contribution is -0.163. The largest absolute Gasteiger partial charge is 0.393 e. The van der Waals surface area contributed by atoms with E-state index in [1.54, 1.807) is 5.57 Å². The molecule has 2 heterocycles. The minimum absolute atomic E-state index is 0.0132. The van der Waals surface area contributed by atoms with Crippen molar-refractivity contribution >= 4 is 27.4 Å². The summed E-state index contributed by atoms with van der Waals surface area (Å²) in [6.07, 6.45) is 23.6. The maximum atomic E-state index is 14.5. The summed E-state index contributed by atoms with van der Waals surface area (Å²) < 4.78 is 2.30. The van der Waals surface area contributed by atoms with E-state index in [2.05, 4.69) is 57.3 Å². The molecule has 7 aliphatic rings. The van der Waals surface area contributed by atoms with Gasteiger partial charge in [0, 0.05) is 47.2 Å². The maximum absolute atomic E-state index is 14.5. The molecule has 0 amide bonds. The molecular weight excluding hydrogens is 761 g/mol. The Kier molecular flexibility index (Phi) is 12.4. The second-order valence-corrected chi connectivity index (χ2v) is 24.8. The molecule has 58 heavy (non-hydrogen) atoms. The fourth-order valence-corrected chi connectivity index (χ4v) is 17.8. The van der Waals surface area contributed by atoms with Gasteiger partial charge in [0.05, 0.1) is 30.2 Å². The molecule has 8 rings (SSSR count). The lowest BCUT2D eigenvalue weighted by Gasteiger charge is -2.62. The predicted octanol–water partition coefficient (Wildman–Crippen LogP) is 10.3. The van der Waals surface area contributed by atoms with Crippen molar-refractivity contribution in [3.63, 3.8) is 0 Å². The number of carbonyl (C=O) groups is 1. The SMILES string of the molecule is CC(C)CCCC12CC(O)C(O)CC1C(=O)C=C1C2CCC2(C)C3CC(CSSCC(n4ccnc4)CC(C)(C)C(=C4CCCC5(CCCC5)C4)CC(O)C3C)C12O. The van der Waals surface area contributed by atoms with Crippen LogP contribution in [0.3, 0.4) is 0 Å². The number of carbonyl (C=O) groups excluding carboxylic acids is 1. The van der Waals surface area contributed by atoms with Gasteiger partial charge >= 0.3 is 0 Å². The van der Waals surface area contributed by atoms with Gasteiger partial charge < -0.3 is 25.0 Å². The van der Waals surface area contributed by atoms with Crippen LogP contribution in [-0.2, 0) is 4.79 Å². The Hall–Kier alpha value is -1.10. The molecule has 0 aromatic carbocycles. The van der Waals surface area contributed by atoms with E-state index >= 15 is 0 Å². The Morgan fingerprint density at radius 2 is 1.67 bits per heavy atom. The van der Waals surface area contributed by atoms with Crippen molar-refractivity contribution in [3.05, 3.63) is 41.5 Å². The van der Waals surface area contributed by atoms with E-state index in [0.29, 0.717) is 30.6 Å². The topological polar surface area (TPSA) is 116 Å². The van der Waals surface area contributed by atoms with Crippen molar-refractivity contribution in [1.29, 1.82) is 0 Å². The van der Waals surface area contributed by atoms with E-state index in [1.165, 1.54) is 50.5 Å². The Morgan fingerprint density at radius 1 is 0.931 bits per heavy atom. The smallest absolute Gasteiger partial charge is 0.159 e. The summed E-state index contributed by atoms with van der Waals surface area (Å²) in [6.45, 7) is 14.0. The van der Waals surface area contributed by atoms with Crippen LogP contribution in [-0.4, -0.2) is 71.2 Å². The van der Waals surface area contributed by atoms with Crippen molar-refractivity contribution < 1.29 is 25.2 Å². The molecule has 1 aromatic rings. The highest BCUT2D eigenvalue weighted by atomic mass is 33.1. The molecule has 12 unspecified atom stereocenters. The van der Waals surface area contributed by atoms with Gasteiger partial charge in [0.2, 0.25) is 0 Å². The third kappa shape index (κ3) is 7.49. The minimum Gasteiger partial charge on any atom is -0.393 e. The van der Waals surface area contributed by atoms with E-state index in [1.807, 2.05) is 40.2 Å². The third-order valence-corrected chi connectivity index (χ3v) is 20.7. The molecule has 5 saturated carbocycles. The first-order valence-electron chi connectivity index (χ1n) is 23.5. The second-order valence-electron chi connectivity index (χ2n) is 22.2. The van der Waals surface area contributed by atoms with Crippen LogP contribution >= 0.6 is 21.6 Å². The molecule has 12 atom stereocenters. The number of aliphatic hydroxyl groups is 4. The Labute approximate surface area is 357 Å². The summed E-state index contributed by atoms with van der Waals surface area (Å²) in [5.41, 5.74) is 2.19. The Balaban J connectivity index is 1.19. The summed E-state index contributed by atoms with van der Waals surface area (Å²) in [5.74, 6) is 1.93. The number of aliphatic hydroxyl groups excluding tert-OH is 3. The zero-order chi connectivity index (χ0) is 41.3. The first kappa shape index (κ1) is 43.5. The number of aromatic nitrogens is 2. The van der Waals surface area contributed by atoms with Gasteiger partial charge in [-0.05, 0) is 141 Å². The fourth-order valence-electron chi connectivity index (χ4n) is 15.1. The number of allylic oxidation sites excluding steroid dienone is 2. The van der Waals surface area contributed by atoms with Gasteiger partial charge in [0.1, 0.15) is 0 Å². The molecule has 1 spiro atoms. The minimum atomic E-state index is -1.20. The Morgan fingerprint density at radius 3 is 2.40 bits per heavy atom. The summed E-state index contributed by atoms with van der Waals surface area (Å²) in [7, 11) is 3.80. The molecule has 6 aliphatic carbocycles. The van der Waals surface area contributed by atoms with Gasteiger partial charge in [-0.3, -0.25) is 4.79 Å². The van der Waals surface area contributed by atoms with Crippen LogP contribution in [0, 0.1) is 57.2 Å². The normalized spacial score (nSPS) is 44.4. The molecule has 6 fully saturated rings. The van der Waals surface area contributed by atoms with Crippen LogP contribution in [0.15, 0.2) is 41.5 Å². The molecule has 9 heteroatoms. The van der Waals surface area contributed by atoms with E-state index in [9.17, 15) is 25.2 Å². The van der Waals surface area contributed by atoms with Crippen molar-refractivity contribution in [2.24, 2.45) is 57.2 Å². The quantitative estimate of drug-likeness (QED) is 0.171. The highest BCUT2D eigenvalue weighted by Gasteiger charge is 2.70. The van der Waals surface area contributed by atoms with Crippen molar-refractivity contribution in [2.75, 3.05) is 11.5 Å². The van der Waals surface area contributed by atoms with Gasteiger partial charge in [-0.15, -0.1) is 0 Å². The number of nitrogens with zero attached hydrogens (tertiary/aromatic N) is 2. The molecule has 1 aromatic heterocycles.